The van der Waals surface area contributed by atoms with Gasteiger partial charge in [0.25, 0.3) is 5.71 Å². The molecule has 270 valence electrons. The Hall–Kier alpha value is -4.29. The van der Waals surface area contributed by atoms with Gasteiger partial charge in [0.1, 0.15) is 0 Å². The van der Waals surface area contributed by atoms with Crippen LogP contribution in [0.4, 0.5) is 5.69 Å². The zero-order valence-electron chi connectivity index (χ0n) is 29.4. The molecule has 0 spiro atoms. The monoisotopic (exact) mass is 682 g/mol. The minimum absolute atomic E-state index is 0.0745. The van der Waals surface area contributed by atoms with E-state index < -0.39 is 17.7 Å². The fourth-order valence-electron chi connectivity index (χ4n) is 5.20. The van der Waals surface area contributed by atoms with Crippen LogP contribution >= 0.6 is 0 Å². The highest BCUT2D eigenvalue weighted by atomic mass is 16.6. The van der Waals surface area contributed by atoms with Crippen molar-refractivity contribution in [2.45, 2.75) is 72.1 Å². The topological polar surface area (TPSA) is 165 Å². The lowest BCUT2D eigenvalue weighted by Crippen LogP contribution is -2.35. The predicted molar refractivity (Wildman–Crippen MR) is 189 cm³/mol. The summed E-state index contributed by atoms with van der Waals surface area (Å²) >= 11 is 0. The first-order valence-corrected chi connectivity index (χ1v) is 17.3. The highest BCUT2D eigenvalue weighted by Crippen LogP contribution is 2.28. The first-order valence-electron chi connectivity index (χ1n) is 17.3. The summed E-state index contributed by atoms with van der Waals surface area (Å²) in [5.74, 6) is -2.00. The van der Waals surface area contributed by atoms with Gasteiger partial charge in [-0.2, -0.15) is 5.10 Å². The van der Waals surface area contributed by atoms with Gasteiger partial charge in [-0.25, -0.2) is 9.59 Å². The fraction of sp³-hybridized carbons (Fsp3) is 0.541. The number of amides is 2. The van der Waals surface area contributed by atoms with Crippen molar-refractivity contribution in [3.63, 3.8) is 0 Å². The maximum absolute atomic E-state index is 12.9. The summed E-state index contributed by atoms with van der Waals surface area (Å²) in [5.41, 5.74) is 5.07. The summed E-state index contributed by atoms with van der Waals surface area (Å²) in [5, 5.41) is 18.8. The molecule has 0 radical (unpaired) electrons. The molecule has 0 aliphatic rings. The maximum Gasteiger partial charge on any atom is 0.366 e. The molecular weight excluding hydrogens is 628 g/mol. The molecule has 2 aromatic carbocycles. The molecule has 12 heteroatoms. The Bertz CT molecular complexity index is 1280. The predicted octanol–water partition coefficient (Wildman–Crippen LogP) is 4.37. The van der Waals surface area contributed by atoms with E-state index >= 15 is 0 Å². The summed E-state index contributed by atoms with van der Waals surface area (Å²) in [7, 11) is 0. The molecule has 3 atom stereocenters. The second-order valence-electron chi connectivity index (χ2n) is 11.6. The molecule has 0 aliphatic carbocycles. The number of ether oxygens (including phenoxy) is 3. The number of carbonyl (C=O) groups is 4. The van der Waals surface area contributed by atoms with E-state index in [4.69, 9.17) is 14.2 Å². The van der Waals surface area contributed by atoms with Gasteiger partial charge in [0.2, 0.25) is 11.8 Å². The lowest BCUT2D eigenvalue weighted by Gasteiger charge is -2.22. The molecule has 0 aromatic heterocycles. The Morgan fingerprint density at radius 3 is 2.02 bits per heavy atom. The summed E-state index contributed by atoms with van der Waals surface area (Å²) in [6.07, 6.45) is 4.39. The average Bonchev–Trinajstić information content (AvgIpc) is 3.11. The molecule has 0 saturated heterocycles. The van der Waals surface area contributed by atoms with Crippen molar-refractivity contribution < 1.29 is 38.5 Å². The molecule has 0 saturated carbocycles. The molecule has 0 heterocycles. The number of rotatable bonds is 24. The number of carbonyl (C=O) groups excluding carboxylic acids is 4. The van der Waals surface area contributed by atoms with Crippen LogP contribution in [0.3, 0.4) is 0 Å². The lowest BCUT2D eigenvalue weighted by atomic mass is 9.85. The first-order chi connectivity index (χ1) is 23.7. The number of aliphatic hydroxyl groups excluding tert-OH is 1. The van der Waals surface area contributed by atoms with Crippen LogP contribution in [0, 0.1) is 11.8 Å². The Labute approximate surface area is 290 Å². The van der Waals surface area contributed by atoms with Gasteiger partial charge in [-0.1, -0.05) is 56.3 Å². The molecule has 49 heavy (non-hydrogen) atoms. The maximum atomic E-state index is 12.9. The fourth-order valence-corrected chi connectivity index (χ4v) is 5.20. The molecule has 4 N–H and O–H groups in total. The average molecular weight is 683 g/mol. The van der Waals surface area contributed by atoms with E-state index in [1.54, 1.807) is 26.0 Å². The first kappa shape index (κ1) is 40.9. The minimum Gasteiger partial charge on any atom is -0.461 e. The van der Waals surface area contributed by atoms with Gasteiger partial charge >= 0.3 is 11.9 Å². The van der Waals surface area contributed by atoms with Crippen molar-refractivity contribution in [3.05, 3.63) is 65.7 Å². The number of nitrogens with zero attached hydrogens (tertiary/aromatic N) is 1. The Kier molecular flexibility index (Phi) is 20.0. The molecular formula is C37H54N4O8. The van der Waals surface area contributed by atoms with Crippen molar-refractivity contribution in [2.75, 3.05) is 51.5 Å². The zero-order chi connectivity index (χ0) is 35.9. The summed E-state index contributed by atoms with van der Waals surface area (Å²) < 4.78 is 15.5. The second kappa shape index (κ2) is 23.9. The van der Waals surface area contributed by atoms with Crippen LogP contribution in [0.1, 0.15) is 76.8 Å². The molecule has 3 unspecified atom stereocenters. The number of benzene rings is 2. The van der Waals surface area contributed by atoms with Crippen LogP contribution in [0.15, 0.2) is 59.7 Å². The molecule has 2 amide bonds. The van der Waals surface area contributed by atoms with E-state index in [0.29, 0.717) is 57.0 Å². The van der Waals surface area contributed by atoms with E-state index in [1.807, 2.05) is 37.3 Å². The number of hydrazone groups is 1. The molecule has 0 fully saturated rings. The van der Waals surface area contributed by atoms with Crippen LogP contribution in [-0.4, -0.2) is 80.7 Å². The normalized spacial score (nSPS) is 12.6. The highest BCUT2D eigenvalue weighted by Gasteiger charge is 2.24. The molecule has 2 rings (SSSR count). The van der Waals surface area contributed by atoms with E-state index in [9.17, 15) is 24.3 Å². The number of hydrogen-bond acceptors (Lipinski definition) is 10. The molecule has 12 nitrogen and oxygen atoms in total. The number of esters is 2. The second-order valence-corrected chi connectivity index (χ2v) is 11.6. The van der Waals surface area contributed by atoms with Crippen LogP contribution in [0.5, 0.6) is 0 Å². The standard InChI is InChI=1S/C37H54N4O8/c1-5-29(30-11-9-8-10-12-30)17-18-31(35(44)38-22-24-42)16-13-27(4)34(43)39-23-26-47-25-21-28-14-19-32(20-15-28)40-41-33(36(45)48-6-2)37(46)49-7-3/h8-12,14-15,19-20,27,29,31,40,42H,5-7,13,16-18,21-26H2,1-4H3,(H,38,44)(H,39,43). The molecule has 2 aromatic rings. The van der Waals surface area contributed by atoms with Crippen molar-refractivity contribution >= 4 is 35.2 Å². The highest BCUT2D eigenvalue weighted by molar-refractivity contribution is 6.62. The third-order valence-electron chi connectivity index (χ3n) is 8.07. The zero-order valence-corrected chi connectivity index (χ0v) is 29.4. The minimum atomic E-state index is -0.865. The SMILES string of the molecule is CCOC(=O)C(=NNc1ccc(CCOCCNC(=O)C(C)CCC(CCC(CC)c2ccccc2)C(=O)NCCO)cc1)C(=O)OCC. The lowest BCUT2D eigenvalue weighted by molar-refractivity contribution is -0.140. The van der Waals surface area contributed by atoms with Crippen LogP contribution in [-0.2, 0) is 39.8 Å². The number of nitrogens with one attached hydrogen (secondary N) is 3. The van der Waals surface area contributed by atoms with Crippen molar-refractivity contribution in [1.29, 1.82) is 0 Å². The van der Waals surface area contributed by atoms with Gasteiger partial charge in [0, 0.05) is 24.9 Å². The summed E-state index contributed by atoms with van der Waals surface area (Å²) in [6.45, 7) is 8.80. The van der Waals surface area contributed by atoms with Crippen LogP contribution < -0.4 is 16.1 Å². The Morgan fingerprint density at radius 1 is 0.776 bits per heavy atom. The smallest absolute Gasteiger partial charge is 0.366 e. The van der Waals surface area contributed by atoms with Gasteiger partial charge in [0.15, 0.2) is 0 Å². The van der Waals surface area contributed by atoms with Crippen LogP contribution in [0.25, 0.3) is 0 Å². The summed E-state index contributed by atoms with van der Waals surface area (Å²) in [6, 6.07) is 17.6. The van der Waals surface area contributed by atoms with E-state index in [0.717, 1.165) is 18.4 Å². The van der Waals surface area contributed by atoms with Crippen molar-refractivity contribution in [1.82, 2.24) is 10.6 Å². The van der Waals surface area contributed by atoms with E-state index in [-0.39, 0.29) is 50.0 Å². The van der Waals surface area contributed by atoms with Crippen molar-refractivity contribution in [3.8, 4) is 0 Å². The third-order valence-corrected chi connectivity index (χ3v) is 8.07. The van der Waals surface area contributed by atoms with Gasteiger partial charge < -0.3 is 30.0 Å². The number of hydrogen-bond donors (Lipinski definition) is 4. The summed E-state index contributed by atoms with van der Waals surface area (Å²) in [4.78, 5) is 49.7. The molecule has 0 aliphatic heterocycles. The number of anilines is 1. The Morgan fingerprint density at radius 2 is 1.41 bits per heavy atom. The number of aliphatic hydroxyl groups is 1. The third kappa shape index (κ3) is 15.6. The largest absolute Gasteiger partial charge is 0.461 e. The van der Waals surface area contributed by atoms with E-state index in [2.05, 4.69) is 40.2 Å². The van der Waals surface area contributed by atoms with Crippen LogP contribution in [0.2, 0.25) is 0 Å². The van der Waals surface area contributed by atoms with Gasteiger partial charge in [-0.3, -0.25) is 15.0 Å². The van der Waals surface area contributed by atoms with E-state index in [1.165, 1.54) is 5.56 Å². The van der Waals surface area contributed by atoms with Gasteiger partial charge in [0.05, 0.1) is 38.7 Å². The van der Waals surface area contributed by atoms with Gasteiger partial charge in [-0.05, 0) is 81.5 Å². The van der Waals surface area contributed by atoms with Crippen molar-refractivity contribution in [2.24, 2.45) is 16.9 Å². The van der Waals surface area contributed by atoms with Gasteiger partial charge in [-0.15, -0.1) is 0 Å². The molecule has 0 bridgehead atoms. The Balaban J connectivity index is 1.74. The quantitative estimate of drug-likeness (QED) is 0.0414.